The van der Waals surface area contributed by atoms with Crippen molar-refractivity contribution in [2.45, 2.75) is 0 Å². The summed E-state index contributed by atoms with van der Waals surface area (Å²) in [5.41, 5.74) is -0.494. The van der Waals surface area contributed by atoms with E-state index in [1.54, 1.807) is 0 Å². The molecule has 2 aromatic rings. The zero-order valence-corrected chi connectivity index (χ0v) is 10.5. The maximum atomic E-state index is 11.2. The summed E-state index contributed by atoms with van der Waals surface area (Å²) in [5.74, 6) is -1.57. The van der Waals surface area contributed by atoms with Gasteiger partial charge in [0.15, 0.2) is 0 Å². The highest BCUT2D eigenvalue weighted by Gasteiger charge is 2.23. The van der Waals surface area contributed by atoms with Gasteiger partial charge < -0.3 is 9.84 Å². The second-order valence-electron chi connectivity index (χ2n) is 3.96. The number of nitro groups is 1. The summed E-state index contributed by atoms with van der Waals surface area (Å²) < 4.78 is 5.33. The van der Waals surface area contributed by atoms with Crippen LogP contribution in [-0.2, 0) is 0 Å². The first kappa shape index (κ1) is 14.0. The Morgan fingerprint density at radius 1 is 1.29 bits per heavy atom. The number of carboxylic acid groups (broad SMARTS) is 1. The molecule has 0 spiro atoms. The van der Waals surface area contributed by atoms with Crippen LogP contribution >= 0.6 is 0 Å². The lowest BCUT2D eigenvalue weighted by atomic mass is 10.1. The van der Waals surface area contributed by atoms with Crippen molar-refractivity contribution in [1.29, 1.82) is 5.26 Å². The van der Waals surface area contributed by atoms with Crippen molar-refractivity contribution in [2.24, 2.45) is 0 Å². The summed E-state index contributed by atoms with van der Waals surface area (Å²) in [6.45, 7) is 0. The Labute approximate surface area is 118 Å². The molecule has 21 heavy (non-hydrogen) atoms. The summed E-state index contributed by atoms with van der Waals surface area (Å²) in [6, 6.07) is 11.4. The molecule has 7 heteroatoms. The SMILES string of the molecule is N#Cc1cccc(Oc2c(C(=O)O)cccc2[N+](=O)[O-])c1. The third-order valence-corrected chi connectivity index (χ3v) is 2.60. The van der Waals surface area contributed by atoms with Crippen molar-refractivity contribution in [2.75, 3.05) is 0 Å². The standard InChI is InChI=1S/C14H8N2O5/c15-8-9-3-1-4-10(7-9)21-13-11(14(17)18)5-2-6-12(13)16(19)20/h1-7H,(H,17,18). The predicted molar refractivity (Wildman–Crippen MR) is 71.3 cm³/mol. The number of carbonyl (C=O) groups is 1. The first-order chi connectivity index (χ1) is 10.0. The number of ether oxygens (including phenoxy) is 1. The smallest absolute Gasteiger partial charge is 0.339 e. The van der Waals surface area contributed by atoms with Crippen molar-refractivity contribution in [3.8, 4) is 17.6 Å². The van der Waals surface area contributed by atoms with Gasteiger partial charge in [0, 0.05) is 6.07 Å². The van der Waals surface area contributed by atoms with Gasteiger partial charge in [0.05, 0.1) is 16.6 Å². The molecule has 1 N–H and O–H groups in total. The fraction of sp³-hybridized carbons (Fsp3) is 0. The molecule has 0 aliphatic rings. The number of aromatic carboxylic acids is 1. The van der Waals surface area contributed by atoms with Gasteiger partial charge in [-0.25, -0.2) is 4.79 Å². The number of hydrogen-bond acceptors (Lipinski definition) is 5. The molecule has 0 aliphatic heterocycles. The van der Waals surface area contributed by atoms with Gasteiger partial charge in [-0.15, -0.1) is 0 Å². The van der Waals surface area contributed by atoms with Crippen molar-refractivity contribution in [3.05, 3.63) is 63.7 Å². The van der Waals surface area contributed by atoms with E-state index >= 15 is 0 Å². The average molecular weight is 284 g/mol. The van der Waals surface area contributed by atoms with E-state index in [1.807, 2.05) is 6.07 Å². The van der Waals surface area contributed by atoms with E-state index in [-0.39, 0.29) is 17.1 Å². The number of carboxylic acids is 1. The molecule has 104 valence electrons. The second kappa shape index (κ2) is 5.71. The monoisotopic (exact) mass is 284 g/mol. The predicted octanol–water partition coefficient (Wildman–Crippen LogP) is 2.96. The van der Waals surface area contributed by atoms with Crippen LogP contribution in [0.25, 0.3) is 0 Å². The quantitative estimate of drug-likeness (QED) is 0.682. The molecule has 0 aliphatic carbocycles. The lowest BCUT2D eigenvalue weighted by Crippen LogP contribution is -2.03. The largest absolute Gasteiger partial charge is 0.478 e. The molecule has 0 bridgehead atoms. The van der Waals surface area contributed by atoms with Gasteiger partial charge in [-0.1, -0.05) is 12.1 Å². The Bertz CT molecular complexity index is 732. The maximum Gasteiger partial charge on any atom is 0.339 e. The van der Waals surface area contributed by atoms with Gasteiger partial charge in [-0.05, 0) is 24.3 Å². The lowest BCUT2D eigenvalue weighted by molar-refractivity contribution is -0.385. The number of nitro benzene ring substituents is 1. The molecule has 0 aromatic heterocycles. The summed E-state index contributed by atoms with van der Waals surface area (Å²) in [5, 5.41) is 28.9. The molecular formula is C14H8N2O5. The van der Waals surface area contributed by atoms with E-state index < -0.39 is 16.6 Å². The summed E-state index contributed by atoms with van der Waals surface area (Å²) >= 11 is 0. The van der Waals surface area contributed by atoms with Crippen LogP contribution in [0.4, 0.5) is 5.69 Å². The van der Waals surface area contributed by atoms with Gasteiger partial charge in [0.1, 0.15) is 11.3 Å². The van der Waals surface area contributed by atoms with Crippen LogP contribution in [-0.4, -0.2) is 16.0 Å². The number of rotatable bonds is 4. The van der Waals surface area contributed by atoms with E-state index in [1.165, 1.54) is 36.4 Å². The Balaban J connectivity index is 2.54. The molecule has 0 radical (unpaired) electrons. The molecule has 7 nitrogen and oxygen atoms in total. The van der Waals surface area contributed by atoms with Gasteiger partial charge in [0.25, 0.3) is 0 Å². The van der Waals surface area contributed by atoms with E-state index in [0.29, 0.717) is 5.56 Å². The number of benzene rings is 2. The molecule has 0 atom stereocenters. The highest BCUT2D eigenvalue weighted by Crippen LogP contribution is 2.35. The second-order valence-corrected chi connectivity index (χ2v) is 3.96. The summed E-state index contributed by atoms with van der Waals surface area (Å²) in [7, 11) is 0. The van der Waals surface area contributed by atoms with Crippen LogP contribution in [0.5, 0.6) is 11.5 Å². The first-order valence-corrected chi connectivity index (χ1v) is 5.71. The van der Waals surface area contributed by atoms with Crippen molar-refractivity contribution in [1.82, 2.24) is 0 Å². The van der Waals surface area contributed by atoms with Gasteiger partial charge in [0.2, 0.25) is 5.75 Å². The van der Waals surface area contributed by atoms with Gasteiger partial charge in [-0.3, -0.25) is 10.1 Å². The Kier molecular flexibility index (Phi) is 3.81. The minimum atomic E-state index is -1.34. The average Bonchev–Trinajstić information content (AvgIpc) is 2.47. The molecule has 0 heterocycles. The summed E-state index contributed by atoms with van der Waals surface area (Å²) in [4.78, 5) is 21.4. The van der Waals surface area contributed by atoms with Gasteiger partial charge in [-0.2, -0.15) is 5.26 Å². The number of nitrogens with zero attached hydrogens (tertiary/aromatic N) is 2. The maximum absolute atomic E-state index is 11.2. The molecule has 2 aromatic carbocycles. The van der Waals surface area contributed by atoms with Crippen LogP contribution in [0.2, 0.25) is 0 Å². The minimum absolute atomic E-state index is 0.144. The summed E-state index contributed by atoms with van der Waals surface area (Å²) in [6.07, 6.45) is 0. The third-order valence-electron chi connectivity index (χ3n) is 2.60. The highest BCUT2D eigenvalue weighted by atomic mass is 16.6. The molecule has 0 fully saturated rings. The number of hydrogen-bond donors (Lipinski definition) is 1. The fourth-order valence-electron chi connectivity index (χ4n) is 1.69. The Hall–Kier alpha value is -3.40. The molecule has 0 unspecified atom stereocenters. The first-order valence-electron chi connectivity index (χ1n) is 5.71. The molecule has 0 saturated carbocycles. The Morgan fingerprint density at radius 2 is 2.00 bits per heavy atom. The topological polar surface area (TPSA) is 113 Å². The minimum Gasteiger partial charge on any atom is -0.478 e. The van der Waals surface area contributed by atoms with Gasteiger partial charge >= 0.3 is 11.7 Å². The number of nitriles is 1. The molecule has 2 rings (SSSR count). The zero-order valence-electron chi connectivity index (χ0n) is 10.5. The fourth-order valence-corrected chi connectivity index (χ4v) is 1.69. The van der Waals surface area contributed by atoms with Crippen LogP contribution in [0.3, 0.4) is 0 Å². The van der Waals surface area contributed by atoms with Crippen molar-refractivity contribution >= 4 is 11.7 Å². The van der Waals surface area contributed by atoms with Crippen LogP contribution < -0.4 is 4.74 Å². The van der Waals surface area contributed by atoms with Crippen molar-refractivity contribution in [3.63, 3.8) is 0 Å². The van der Waals surface area contributed by atoms with E-state index in [0.717, 1.165) is 6.07 Å². The van der Waals surface area contributed by atoms with Crippen LogP contribution in [0.1, 0.15) is 15.9 Å². The number of para-hydroxylation sites is 1. The molecular weight excluding hydrogens is 276 g/mol. The highest BCUT2D eigenvalue weighted by molar-refractivity contribution is 5.92. The Morgan fingerprint density at radius 3 is 2.62 bits per heavy atom. The molecule has 0 saturated heterocycles. The van der Waals surface area contributed by atoms with Crippen LogP contribution in [0, 0.1) is 21.4 Å². The lowest BCUT2D eigenvalue weighted by Gasteiger charge is -2.09. The van der Waals surface area contributed by atoms with E-state index in [2.05, 4.69) is 0 Å². The van der Waals surface area contributed by atoms with E-state index in [4.69, 9.17) is 15.1 Å². The third kappa shape index (κ3) is 2.96. The van der Waals surface area contributed by atoms with Crippen LogP contribution in [0.15, 0.2) is 42.5 Å². The zero-order chi connectivity index (χ0) is 15.4. The van der Waals surface area contributed by atoms with Crippen molar-refractivity contribution < 1.29 is 19.6 Å². The normalized spacial score (nSPS) is 9.67. The molecule has 0 amide bonds. The van der Waals surface area contributed by atoms with E-state index in [9.17, 15) is 14.9 Å².